The molecule has 18 heavy (non-hydrogen) atoms. The van der Waals surface area contributed by atoms with Crippen LogP contribution in [-0.2, 0) is 10.0 Å². The van der Waals surface area contributed by atoms with Gasteiger partial charge in [0.25, 0.3) is 0 Å². The molecule has 0 saturated carbocycles. The van der Waals surface area contributed by atoms with Crippen molar-refractivity contribution in [2.45, 2.75) is 18.2 Å². The van der Waals surface area contributed by atoms with E-state index >= 15 is 0 Å². The summed E-state index contributed by atoms with van der Waals surface area (Å²) >= 11 is 0. The second kappa shape index (κ2) is 6.77. The Balaban J connectivity index is 2.60. The molecular weight excluding hydrogens is 262 g/mol. The number of rotatable bonds is 7. The van der Waals surface area contributed by atoms with Crippen LogP contribution in [0, 0.1) is 11.6 Å². The van der Waals surface area contributed by atoms with E-state index in [4.69, 9.17) is 0 Å². The molecule has 0 radical (unpaired) electrons. The van der Waals surface area contributed by atoms with Crippen molar-refractivity contribution in [1.29, 1.82) is 0 Å². The molecule has 0 aliphatic carbocycles. The Hall–Kier alpha value is -1.05. The molecule has 1 rings (SSSR count). The maximum atomic E-state index is 12.9. The summed E-state index contributed by atoms with van der Waals surface area (Å²) in [5, 5.41) is 3.05. The number of halogens is 2. The summed E-state index contributed by atoms with van der Waals surface area (Å²) in [6.07, 6.45) is 0.622. The van der Waals surface area contributed by atoms with E-state index in [1.54, 1.807) is 0 Å². The fourth-order valence-electron chi connectivity index (χ4n) is 1.32. The highest BCUT2D eigenvalue weighted by Gasteiger charge is 2.15. The summed E-state index contributed by atoms with van der Waals surface area (Å²) in [6.45, 7) is 3.70. The molecular formula is C11H16F2N2O2S. The van der Waals surface area contributed by atoms with E-state index < -0.39 is 21.7 Å². The molecule has 1 aromatic carbocycles. The first-order chi connectivity index (χ1) is 8.47. The number of benzene rings is 1. The van der Waals surface area contributed by atoms with Crippen molar-refractivity contribution in [3.63, 3.8) is 0 Å². The minimum absolute atomic E-state index is 0.244. The maximum Gasteiger partial charge on any atom is 0.240 e. The average Bonchev–Trinajstić information content (AvgIpc) is 2.32. The first kappa shape index (κ1) is 15.0. The molecule has 7 heteroatoms. The van der Waals surface area contributed by atoms with Crippen LogP contribution in [0.5, 0.6) is 0 Å². The largest absolute Gasteiger partial charge is 0.317 e. The molecule has 0 saturated heterocycles. The quantitative estimate of drug-likeness (QED) is 0.738. The Morgan fingerprint density at radius 3 is 2.50 bits per heavy atom. The van der Waals surface area contributed by atoms with Gasteiger partial charge in [-0.05, 0) is 37.7 Å². The highest BCUT2D eigenvalue weighted by Crippen LogP contribution is 2.13. The standard InChI is InChI=1S/C11H16F2N2O2S/c1-2-14-6-3-7-15-18(16,17)9-4-5-10(12)11(13)8-9/h4-5,8,14-15H,2-3,6-7H2,1H3. The molecule has 1 aromatic rings. The summed E-state index contributed by atoms with van der Waals surface area (Å²) in [5.74, 6) is -2.24. The summed E-state index contributed by atoms with van der Waals surface area (Å²) < 4.78 is 51.3. The summed E-state index contributed by atoms with van der Waals surface area (Å²) in [5.41, 5.74) is 0. The predicted octanol–water partition coefficient (Wildman–Crippen LogP) is 1.24. The fourth-order valence-corrected chi connectivity index (χ4v) is 2.41. The van der Waals surface area contributed by atoms with Gasteiger partial charge in [0.15, 0.2) is 11.6 Å². The zero-order valence-corrected chi connectivity index (χ0v) is 10.9. The van der Waals surface area contributed by atoms with Crippen LogP contribution in [0.3, 0.4) is 0 Å². The van der Waals surface area contributed by atoms with Gasteiger partial charge >= 0.3 is 0 Å². The van der Waals surface area contributed by atoms with Crippen molar-refractivity contribution in [1.82, 2.24) is 10.0 Å². The van der Waals surface area contributed by atoms with Gasteiger partial charge in [-0.25, -0.2) is 21.9 Å². The summed E-state index contributed by atoms with van der Waals surface area (Å²) in [7, 11) is -3.77. The number of hydrogen-bond donors (Lipinski definition) is 2. The van der Waals surface area contributed by atoms with Gasteiger partial charge in [0.2, 0.25) is 10.0 Å². The first-order valence-electron chi connectivity index (χ1n) is 5.63. The number of nitrogens with one attached hydrogen (secondary N) is 2. The van der Waals surface area contributed by atoms with Gasteiger partial charge in [-0.2, -0.15) is 0 Å². The second-order valence-corrected chi connectivity index (χ2v) is 5.45. The van der Waals surface area contributed by atoms with Gasteiger partial charge in [-0.15, -0.1) is 0 Å². The van der Waals surface area contributed by atoms with Gasteiger partial charge in [-0.3, -0.25) is 0 Å². The Kier molecular flexibility index (Phi) is 5.64. The zero-order valence-electron chi connectivity index (χ0n) is 10.0. The third-order valence-electron chi connectivity index (χ3n) is 2.27. The van der Waals surface area contributed by atoms with Crippen LogP contribution >= 0.6 is 0 Å². The van der Waals surface area contributed by atoms with Crippen LogP contribution in [0.2, 0.25) is 0 Å². The van der Waals surface area contributed by atoms with Gasteiger partial charge in [0.05, 0.1) is 4.90 Å². The van der Waals surface area contributed by atoms with Gasteiger partial charge < -0.3 is 5.32 Å². The molecule has 0 heterocycles. The average molecular weight is 278 g/mol. The van der Waals surface area contributed by atoms with E-state index in [1.807, 2.05) is 6.92 Å². The smallest absolute Gasteiger partial charge is 0.240 e. The van der Waals surface area contributed by atoms with Gasteiger partial charge in [0, 0.05) is 6.54 Å². The van der Waals surface area contributed by atoms with Crippen molar-refractivity contribution in [2.24, 2.45) is 0 Å². The molecule has 0 spiro atoms. The molecule has 0 aliphatic rings. The fraction of sp³-hybridized carbons (Fsp3) is 0.455. The van der Waals surface area contributed by atoms with Crippen molar-refractivity contribution in [3.8, 4) is 0 Å². The van der Waals surface area contributed by atoms with Crippen LogP contribution in [0.1, 0.15) is 13.3 Å². The van der Waals surface area contributed by atoms with E-state index in [2.05, 4.69) is 10.0 Å². The van der Waals surface area contributed by atoms with Gasteiger partial charge in [0.1, 0.15) is 0 Å². The van der Waals surface area contributed by atoms with Crippen LogP contribution in [0.4, 0.5) is 8.78 Å². The first-order valence-corrected chi connectivity index (χ1v) is 7.11. The van der Waals surface area contributed by atoms with E-state index in [-0.39, 0.29) is 11.4 Å². The Morgan fingerprint density at radius 1 is 1.17 bits per heavy atom. The van der Waals surface area contributed by atoms with E-state index in [0.29, 0.717) is 19.0 Å². The molecule has 0 aromatic heterocycles. The molecule has 2 N–H and O–H groups in total. The summed E-state index contributed by atoms with van der Waals surface area (Å²) in [4.78, 5) is -0.273. The molecule has 0 fully saturated rings. The topological polar surface area (TPSA) is 58.2 Å². The normalized spacial score (nSPS) is 11.7. The van der Waals surface area contributed by atoms with Crippen LogP contribution < -0.4 is 10.0 Å². The van der Waals surface area contributed by atoms with Crippen LogP contribution in [-0.4, -0.2) is 28.1 Å². The molecule has 102 valence electrons. The zero-order chi connectivity index (χ0) is 13.6. The lowest BCUT2D eigenvalue weighted by Gasteiger charge is -2.07. The van der Waals surface area contributed by atoms with Crippen molar-refractivity contribution in [3.05, 3.63) is 29.8 Å². The lowest BCUT2D eigenvalue weighted by molar-refractivity contribution is 0.504. The van der Waals surface area contributed by atoms with Gasteiger partial charge in [-0.1, -0.05) is 6.92 Å². The van der Waals surface area contributed by atoms with E-state index in [1.165, 1.54) is 0 Å². The van der Waals surface area contributed by atoms with Crippen LogP contribution in [0.15, 0.2) is 23.1 Å². The van der Waals surface area contributed by atoms with Crippen molar-refractivity contribution in [2.75, 3.05) is 19.6 Å². The summed E-state index contributed by atoms with van der Waals surface area (Å²) in [6, 6.07) is 2.50. The monoisotopic (exact) mass is 278 g/mol. The third-order valence-corrected chi connectivity index (χ3v) is 3.73. The highest BCUT2D eigenvalue weighted by atomic mass is 32.2. The molecule has 0 unspecified atom stereocenters. The lowest BCUT2D eigenvalue weighted by Crippen LogP contribution is -2.27. The van der Waals surface area contributed by atoms with Crippen molar-refractivity contribution >= 4 is 10.0 Å². The highest BCUT2D eigenvalue weighted by molar-refractivity contribution is 7.89. The minimum atomic E-state index is -3.77. The lowest BCUT2D eigenvalue weighted by atomic mass is 10.3. The predicted molar refractivity (Wildman–Crippen MR) is 64.7 cm³/mol. The Labute approximate surface area is 105 Å². The maximum absolute atomic E-state index is 12.9. The molecule has 0 bridgehead atoms. The second-order valence-electron chi connectivity index (χ2n) is 3.68. The Bertz CT molecular complexity index is 492. The number of hydrogen-bond acceptors (Lipinski definition) is 3. The van der Waals surface area contributed by atoms with Crippen molar-refractivity contribution < 1.29 is 17.2 Å². The molecule has 4 nitrogen and oxygen atoms in total. The van der Waals surface area contributed by atoms with E-state index in [9.17, 15) is 17.2 Å². The molecule has 0 amide bonds. The SMILES string of the molecule is CCNCCCNS(=O)(=O)c1ccc(F)c(F)c1. The molecule has 0 aliphatic heterocycles. The third kappa shape index (κ3) is 4.32. The number of sulfonamides is 1. The van der Waals surface area contributed by atoms with Crippen LogP contribution in [0.25, 0.3) is 0 Å². The van der Waals surface area contributed by atoms with E-state index in [0.717, 1.165) is 18.7 Å². The minimum Gasteiger partial charge on any atom is -0.317 e. The Morgan fingerprint density at radius 2 is 1.89 bits per heavy atom. The molecule has 0 atom stereocenters.